The number of hydrogen-bond donors (Lipinski definition) is 2. The van der Waals surface area contributed by atoms with Gasteiger partial charge in [0, 0.05) is 17.3 Å². The lowest BCUT2D eigenvalue weighted by atomic mass is 10.1. The van der Waals surface area contributed by atoms with Gasteiger partial charge >= 0.3 is 5.69 Å². The quantitative estimate of drug-likeness (QED) is 0.534. The van der Waals surface area contributed by atoms with Crippen molar-refractivity contribution in [2.75, 3.05) is 10.6 Å². The summed E-state index contributed by atoms with van der Waals surface area (Å²) < 4.78 is 0. The van der Waals surface area contributed by atoms with E-state index in [-0.39, 0.29) is 17.3 Å². The average Bonchev–Trinajstić information content (AvgIpc) is 3.04. The lowest BCUT2D eigenvalue weighted by molar-refractivity contribution is -0.383. The third kappa shape index (κ3) is 3.30. The molecule has 2 aromatic heterocycles. The van der Waals surface area contributed by atoms with E-state index in [1.807, 2.05) is 32.0 Å². The van der Waals surface area contributed by atoms with Crippen LogP contribution in [0.5, 0.6) is 0 Å². The average molecular weight is 342 g/mol. The van der Waals surface area contributed by atoms with Gasteiger partial charge in [-0.05, 0) is 31.0 Å². The van der Waals surface area contributed by atoms with E-state index in [0.29, 0.717) is 5.13 Å². The van der Waals surface area contributed by atoms with Crippen LogP contribution in [-0.4, -0.2) is 19.9 Å². The topological polar surface area (TPSA) is 106 Å². The molecular weight excluding hydrogens is 328 g/mol. The molecule has 0 amide bonds. The zero-order valence-corrected chi connectivity index (χ0v) is 13.8. The number of nitro groups is 1. The minimum atomic E-state index is -0.511. The summed E-state index contributed by atoms with van der Waals surface area (Å²) in [4.78, 5) is 23.1. The molecule has 2 heterocycles. The van der Waals surface area contributed by atoms with Gasteiger partial charge < -0.3 is 10.6 Å². The molecule has 0 saturated heterocycles. The SMILES string of the molecule is Cc1ccc(C)c(Nc2ncnc(Nc3nccs3)c2[N+](=O)[O-])c1. The maximum Gasteiger partial charge on any atom is 0.353 e. The molecule has 0 spiro atoms. The Bertz CT molecular complexity index is 882. The second-order valence-corrected chi connectivity index (χ2v) is 5.98. The molecule has 0 bridgehead atoms. The van der Waals surface area contributed by atoms with Crippen LogP contribution >= 0.6 is 11.3 Å². The third-order valence-electron chi connectivity index (χ3n) is 3.31. The summed E-state index contributed by atoms with van der Waals surface area (Å²) in [5.41, 5.74) is 2.54. The van der Waals surface area contributed by atoms with Crippen molar-refractivity contribution >= 4 is 39.5 Å². The normalized spacial score (nSPS) is 10.4. The maximum absolute atomic E-state index is 11.5. The van der Waals surface area contributed by atoms with E-state index in [4.69, 9.17) is 0 Å². The number of aromatic nitrogens is 3. The Morgan fingerprint density at radius 1 is 1.12 bits per heavy atom. The van der Waals surface area contributed by atoms with Gasteiger partial charge in [-0.3, -0.25) is 10.1 Å². The minimum Gasteiger partial charge on any atom is -0.334 e. The summed E-state index contributed by atoms with van der Waals surface area (Å²) in [6.07, 6.45) is 2.88. The molecule has 3 rings (SSSR count). The number of anilines is 4. The molecule has 0 atom stereocenters. The van der Waals surface area contributed by atoms with Crippen LogP contribution in [0.25, 0.3) is 0 Å². The van der Waals surface area contributed by atoms with E-state index in [9.17, 15) is 10.1 Å². The third-order valence-corrected chi connectivity index (χ3v) is 4.00. The monoisotopic (exact) mass is 342 g/mol. The largest absolute Gasteiger partial charge is 0.353 e. The summed E-state index contributed by atoms with van der Waals surface area (Å²) in [5.74, 6) is 0.223. The summed E-state index contributed by atoms with van der Waals surface area (Å²) >= 11 is 1.33. The van der Waals surface area contributed by atoms with Gasteiger partial charge in [0.15, 0.2) is 5.13 Å². The van der Waals surface area contributed by atoms with Crippen LogP contribution in [0.15, 0.2) is 36.1 Å². The van der Waals surface area contributed by atoms with E-state index < -0.39 is 4.92 Å². The van der Waals surface area contributed by atoms with E-state index in [1.54, 1.807) is 11.6 Å². The van der Waals surface area contributed by atoms with Crippen LogP contribution in [0.1, 0.15) is 11.1 Å². The van der Waals surface area contributed by atoms with Gasteiger partial charge in [-0.15, -0.1) is 11.3 Å². The highest BCUT2D eigenvalue weighted by Crippen LogP contribution is 2.34. The predicted molar refractivity (Wildman–Crippen MR) is 93.3 cm³/mol. The number of hydrogen-bond acceptors (Lipinski definition) is 8. The standard InChI is InChI=1S/C15H14N6O2S/c1-9-3-4-10(2)11(7-9)19-13-12(21(22)23)14(18-8-17-13)20-15-16-5-6-24-15/h3-8H,1-2H3,(H2,16,17,18,19,20). The van der Waals surface area contributed by atoms with Crippen molar-refractivity contribution in [2.24, 2.45) is 0 Å². The molecule has 2 N–H and O–H groups in total. The van der Waals surface area contributed by atoms with Crippen molar-refractivity contribution < 1.29 is 4.92 Å². The molecule has 9 heteroatoms. The Morgan fingerprint density at radius 3 is 2.54 bits per heavy atom. The smallest absolute Gasteiger partial charge is 0.334 e. The Morgan fingerprint density at radius 2 is 1.88 bits per heavy atom. The van der Waals surface area contributed by atoms with Crippen molar-refractivity contribution in [3.63, 3.8) is 0 Å². The molecule has 8 nitrogen and oxygen atoms in total. The van der Waals surface area contributed by atoms with E-state index in [0.717, 1.165) is 16.8 Å². The molecular formula is C15H14N6O2S. The lowest BCUT2D eigenvalue weighted by Gasteiger charge is -2.11. The van der Waals surface area contributed by atoms with Crippen molar-refractivity contribution in [3.8, 4) is 0 Å². The highest BCUT2D eigenvalue weighted by molar-refractivity contribution is 7.13. The molecule has 24 heavy (non-hydrogen) atoms. The summed E-state index contributed by atoms with van der Waals surface area (Å²) in [5, 5.41) is 19.7. The number of nitrogens with zero attached hydrogens (tertiary/aromatic N) is 4. The molecule has 0 aliphatic heterocycles. The first-order chi connectivity index (χ1) is 11.5. The molecule has 122 valence electrons. The maximum atomic E-state index is 11.5. The Kier molecular flexibility index (Phi) is 4.34. The van der Waals surface area contributed by atoms with Crippen molar-refractivity contribution in [1.82, 2.24) is 15.0 Å². The molecule has 0 aliphatic rings. The Hall–Kier alpha value is -3.07. The molecule has 0 saturated carbocycles. The minimum absolute atomic E-state index is 0.0951. The van der Waals surface area contributed by atoms with E-state index in [2.05, 4.69) is 25.6 Å². The molecule has 0 radical (unpaired) electrons. The van der Waals surface area contributed by atoms with Crippen LogP contribution in [0.3, 0.4) is 0 Å². The van der Waals surface area contributed by atoms with Gasteiger partial charge in [-0.2, -0.15) is 0 Å². The highest BCUT2D eigenvalue weighted by atomic mass is 32.1. The Labute approximate surface area is 141 Å². The second kappa shape index (κ2) is 6.59. The lowest BCUT2D eigenvalue weighted by Crippen LogP contribution is -2.06. The molecule has 3 aromatic rings. The fourth-order valence-corrected chi connectivity index (χ4v) is 2.65. The fourth-order valence-electron chi connectivity index (χ4n) is 2.12. The number of benzene rings is 1. The van der Waals surface area contributed by atoms with Gasteiger partial charge in [0.2, 0.25) is 11.6 Å². The first-order valence-electron chi connectivity index (χ1n) is 7.05. The molecule has 0 fully saturated rings. The second-order valence-electron chi connectivity index (χ2n) is 5.08. The zero-order valence-electron chi connectivity index (χ0n) is 13.0. The van der Waals surface area contributed by atoms with Crippen LogP contribution < -0.4 is 10.6 Å². The number of nitrogens with one attached hydrogen (secondary N) is 2. The number of aryl methyl sites for hydroxylation is 2. The van der Waals surface area contributed by atoms with Gasteiger partial charge in [-0.1, -0.05) is 12.1 Å². The van der Waals surface area contributed by atoms with E-state index in [1.165, 1.54) is 17.7 Å². The van der Waals surface area contributed by atoms with Crippen molar-refractivity contribution in [2.45, 2.75) is 13.8 Å². The van der Waals surface area contributed by atoms with Crippen LogP contribution in [0.4, 0.5) is 28.1 Å². The first kappa shape index (κ1) is 15.8. The van der Waals surface area contributed by atoms with Gasteiger partial charge in [0.05, 0.1) is 4.92 Å². The van der Waals surface area contributed by atoms with Crippen LogP contribution in [0.2, 0.25) is 0 Å². The van der Waals surface area contributed by atoms with Crippen molar-refractivity contribution in [1.29, 1.82) is 0 Å². The summed E-state index contributed by atoms with van der Waals surface area (Å²) in [6, 6.07) is 5.83. The number of thiazole rings is 1. The molecule has 1 aromatic carbocycles. The van der Waals surface area contributed by atoms with Crippen LogP contribution in [0, 0.1) is 24.0 Å². The van der Waals surface area contributed by atoms with Crippen molar-refractivity contribution in [3.05, 3.63) is 57.3 Å². The zero-order chi connectivity index (χ0) is 17.1. The summed E-state index contributed by atoms with van der Waals surface area (Å²) in [6.45, 7) is 3.87. The number of rotatable bonds is 5. The Balaban J connectivity index is 2.01. The predicted octanol–water partition coefficient (Wildman–Crippen LogP) is 3.95. The summed E-state index contributed by atoms with van der Waals surface area (Å²) in [7, 11) is 0. The van der Waals surface area contributed by atoms with Gasteiger partial charge in [-0.25, -0.2) is 15.0 Å². The first-order valence-corrected chi connectivity index (χ1v) is 7.93. The van der Waals surface area contributed by atoms with Crippen LogP contribution in [-0.2, 0) is 0 Å². The fraction of sp³-hybridized carbons (Fsp3) is 0.133. The van der Waals surface area contributed by atoms with Gasteiger partial charge in [0.1, 0.15) is 6.33 Å². The highest BCUT2D eigenvalue weighted by Gasteiger charge is 2.24. The van der Waals surface area contributed by atoms with E-state index >= 15 is 0 Å². The van der Waals surface area contributed by atoms with Gasteiger partial charge in [0.25, 0.3) is 0 Å². The molecule has 0 aliphatic carbocycles. The molecule has 0 unspecified atom stereocenters.